The monoisotopic (exact) mass is 361 g/mol. The number of carbonyl (C=O) groups is 1. The molecule has 0 spiro atoms. The highest BCUT2D eigenvalue weighted by molar-refractivity contribution is 7.10. The number of hydrogen-bond donors (Lipinski definition) is 2. The Labute approximate surface area is 148 Å². The number of urea groups is 1. The second kappa shape index (κ2) is 8.07. The van der Waals surface area contributed by atoms with Crippen LogP contribution in [0.15, 0.2) is 35.4 Å². The number of aryl methyl sites for hydroxylation is 3. The fourth-order valence-electron chi connectivity index (χ4n) is 2.26. The summed E-state index contributed by atoms with van der Waals surface area (Å²) in [6.07, 6.45) is 5.25. The van der Waals surface area contributed by atoms with Crippen molar-refractivity contribution >= 4 is 34.4 Å². The molecular weight excluding hydrogens is 342 g/mol. The number of thiazole rings is 1. The summed E-state index contributed by atoms with van der Waals surface area (Å²) in [6.45, 7) is 3.40. The van der Waals surface area contributed by atoms with Crippen molar-refractivity contribution in [3.05, 3.63) is 50.9 Å². The number of anilines is 1. The van der Waals surface area contributed by atoms with Crippen LogP contribution in [0.2, 0.25) is 0 Å². The van der Waals surface area contributed by atoms with Gasteiger partial charge in [-0.05, 0) is 24.8 Å². The molecule has 0 aromatic carbocycles. The minimum absolute atomic E-state index is 0.204. The van der Waals surface area contributed by atoms with Crippen LogP contribution in [0.5, 0.6) is 0 Å². The summed E-state index contributed by atoms with van der Waals surface area (Å²) in [5.41, 5.74) is 3.64. The number of rotatable bonds is 7. The Hall–Kier alpha value is -2.19. The van der Waals surface area contributed by atoms with Crippen LogP contribution in [0.1, 0.15) is 15.4 Å². The first-order valence-corrected chi connectivity index (χ1v) is 9.45. The van der Waals surface area contributed by atoms with Crippen LogP contribution in [0.4, 0.5) is 10.5 Å². The number of nitrogens with zero attached hydrogens (tertiary/aromatic N) is 3. The lowest BCUT2D eigenvalue weighted by Crippen LogP contribution is -2.30. The van der Waals surface area contributed by atoms with Gasteiger partial charge in [0, 0.05) is 35.5 Å². The van der Waals surface area contributed by atoms with Crippen LogP contribution in [-0.4, -0.2) is 27.3 Å². The predicted molar refractivity (Wildman–Crippen MR) is 97.8 cm³/mol. The van der Waals surface area contributed by atoms with Crippen molar-refractivity contribution in [1.29, 1.82) is 0 Å². The third kappa shape index (κ3) is 4.65. The van der Waals surface area contributed by atoms with Crippen LogP contribution in [0.25, 0.3) is 0 Å². The number of hydrogen-bond acceptors (Lipinski definition) is 5. The van der Waals surface area contributed by atoms with E-state index in [1.54, 1.807) is 28.9 Å². The van der Waals surface area contributed by atoms with Gasteiger partial charge in [-0.2, -0.15) is 5.10 Å². The molecule has 8 heteroatoms. The van der Waals surface area contributed by atoms with Crippen LogP contribution in [0, 0.1) is 6.92 Å². The molecule has 0 saturated carbocycles. The van der Waals surface area contributed by atoms with E-state index in [-0.39, 0.29) is 6.03 Å². The van der Waals surface area contributed by atoms with Gasteiger partial charge >= 0.3 is 6.03 Å². The minimum atomic E-state index is -0.204. The molecule has 3 aromatic rings. The summed E-state index contributed by atoms with van der Waals surface area (Å²) in [5, 5.41) is 12.0. The summed E-state index contributed by atoms with van der Waals surface area (Å²) in [4.78, 5) is 18.7. The molecule has 0 radical (unpaired) electrons. The SMILES string of the molecule is Cc1ncsc1CCn1cc(NC(=O)NCCc2cccs2)cn1. The molecule has 0 aliphatic rings. The second-order valence-electron chi connectivity index (χ2n) is 5.31. The predicted octanol–water partition coefficient (Wildman–Crippen LogP) is 3.32. The van der Waals surface area contributed by atoms with Crippen LogP contribution >= 0.6 is 22.7 Å². The van der Waals surface area contributed by atoms with E-state index in [0.717, 1.165) is 25.1 Å². The Kier molecular flexibility index (Phi) is 5.60. The molecule has 3 aromatic heterocycles. The first kappa shape index (κ1) is 16.7. The Bertz CT molecular complexity index is 778. The van der Waals surface area contributed by atoms with Gasteiger partial charge in [0.25, 0.3) is 0 Å². The zero-order valence-electron chi connectivity index (χ0n) is 13.4. The molecule has 0 saturated heterocycles. The van der Waals surface area contributed by atoms with Crippen molar-refractivity contribution in [1.82, 2.24) is 20.1 Å². The highest BCUT2D eigenvalue weighted by Crippen LogP contribution is 2.14. The van der Waals surface area contributed by atoms with E-state index in [2.05, 4.69) is 26.8 Å². The van der Waals surface area contributed by atoms with Gasteiger partial charge in [-0.3, -0.25) is 4.68 Å². The minimum Gasteiger partial charge on any atom is -0.338 e. The first-order chi connectivity index (χ1) is 11.7. The lowest BCUT2D eigenvalue weighted by Gasteiger charge is -2.05. The van der Waals surface area contributed by atoms with Gasteiger partial charge in [0.1, 0.15) is 0 Å². The highest BCUT2D eigenvalue weighted by Gasteiger charge is 2.06. The molecule has 0 atom stereocenters. The highest BCUT2D eigenvalue weighted by atomic mass is 32.1. The van der Waals surface area contributed by atoms with Gasteiger partial charge in [-0.1, -0.05) is 6.07 Å². The van der Waals surface area contributed by atoms with Crippen molar-refractivity contribution < 1.29 is 4.79 Å². The van der Waals surface area contributed by atoms with Crippen LogP contribution < -0.4 is 10.6 Å². The van der Waals surface area contributed by atoms with E-state index >= 15 is 0 Å². The zero-order valence-corrected chi connectivity index (χ0v) is 15.0. The zero-order chi connectivity index (χ0) is 16.8. The maximum atomic E-state index is 11.9. The fourth-order valence-corrected chi connectivity index (χ4v) is 3.74. The van der Waals surface area contributed by atoms with E-state index in [0.29, 0.717) is 12.2 Å². The van der Waals surface area contributed by atoms with Gasteiger partial charge in [0.2, 0.25) is 0 Å². The molecule has 126 valence electrons. The Morgan fingerprint density at radius 3 is 3.00 bits per heavy atom. The Morgan fingerprint density at radius 1 is 1.33 bits per heavy atom. The lowest BCUT2D eigenvalue weighted by atomic mass is 10.3. The number of carbonyl (C=O) groups excluding carboxylic acids is 1. The lowest BCUT2D eigenvalue weighted by molar-refractivity contribution is 0.252. The Morgan fingerprint density at radius 2 is 2.25 bits per heavy atom. The molecule has 6 nitrogen and oxygen atoms in total. The molecule has 2 N–H and O–H groups in total. The van der Waals surface area contributed by atoms with Gasteiger partial charge < -0.3 is 10.6 Å². The summed E-state index contributed by atoms with van der Waals surface area (Å²) in [6, 6.07) is 3.88. The fraction of sp³-hybridized carbons (Fsp3) is 0.312. The van der Waals surface area contributed by atoms with Crippen molar-refractivity contribution in [3.8, 4) is 0 Å². The van der Waals surface area contributed by atoms with E-state index in [9.17, 15) is 4.79 Å². The van der Waals surface area contributed by atoms with E-state index < -0.39 is 0 Å². The topological polar surface area (TPSA) is 71.8 Å². The van der Waals surface area contributed by atoms with Crippen molar-refractivity contribution in [3.63, 3.8) is 0 Å². The molecule has 0 aliphatic heterocycles. The van der Waals surface area contributed by atoms with Gasteiger partial charge in [-0.25, -0.2) is 9.78 Å². The quantitative estimate of drug-likeness (QED) is 0.678. The average Bonchev–Trinajstić information content (AvgIpc) is 3.28. The molecule has 0 unspecified atom stereocenters. The molecule has 0 bridgehead atoms. The third-order valence-corrected chi connectivity index (χ3v) is 5.47. The summed E-state index contributed by atoms with van der Waals surface area (Å²) < 4.78 is 1.83. The summed E-state index contributed by atoms with van der Waals surface area (Å²) in [5.74, 6) is 0. The third-order valence-electron chi connectivity index (χ3n) is 3.54. The van der Waals surface area contributed by atoms with E-state index in [4.69, 9.17) is 0 Å². The summed E-state index contributed by atoms with van der Waals surface area (Å²) in [7, 11) is 0. The van der Waals surface area contributed by atoms with E-state index in [1.807, 2.05) is 34.8 Å². The molecule has 24 heavy (non-hydrogen) atoms. The summed E-state index contributed by atoms with van der Waals surface area (Å²) >= 11 is 3.36. The van der Waals surface area contributed by atoms with Crippen molar-refractivity contribution in [2.24, 2.45) is 0 Å². The molecule has 3 heterocycles. The number of nitrogens with one attached hydrogen (secondary N) is 2. The molecule has 3 rings (SSSR count). The van der Waals surface area contributed by atoms with Gasteiger partial charge in [0.15, 0.2) is 0 Å². The first-order valence-electron chi connectivity index (χ1n) is 7.69. The average molecular weight is 361 g/mol. The largest absolute Gasteiger partial charge is 0.338 e. The standard InChI is InChI=1S/C16H19N5OS2/c1-12-15(24-11-18-12)5-7-21-10-13(9-19-21)20-16(22)17-6-4-14-3-2-8-23-14/h2-3,8-11H,4-7H2,1H3,(H2,17,20,22). The maximum Gasteiger partial charge on any atom is 0.319 e. The smallest absolute Gasteiger partial charge is 0.319 e. The number of thiophene rings is 1. The molecule has 2 amide bonds. The molecular formula is C16H19N5OS2. The van der Waals surface area contributed by atoms with Crippen LogP contribution in [-0.2, 0) is 19.4 Å². The normalized spacial score (nSPS) is 10.7. The van der Waals surface area contributed by atoms with Crippen molar-refractivity contribution in [2.45, 2.75) is 26.3 Å². The molecule has 0 fully saturated rings. The van der Waals surface area contributed by atoms with Gasteiger partial charge in [0.05, 0.1) is 23.1 Å². The van der Waals surface area contributed by atoms with Crippen molar-refractivity contribution in [2.75, 3.05) is 11.9 Å². The Balaban J connectivity index is 1.41. The molecule has 0 aliphatic carbocycles. The van der Waals surface area contributed by atoms with Crippen LogP contribution in [0.3, 0.4) is 0 Å². The number of aromatic nitrogens is 3. The number of amides is 2. The van der Waals surface area contributed by atoms with Gasteiger partial charge in [-0.15, -0.1) is 22.7 Å². The second-order valence-corrected chi connectivity index (χ2v) is 7.28. The van der Waals surface area contributed by atoms with E-state index in [1.165, 1.54) is 9.75 Å². The maximum absolute atomic E-state index is 11.9.